The van der Waals surface area contributed by atoms with Crippen molar-refractivity contribution in [2.75, 3.05) is 6.61 Å². The zero-order valence-electron chi connectivity index (χ0n) is 11.7. The molecule has 22 heavy (non-hydrogen) atoms. The summed E-state index contributed by atoms with van der Waals surface area (Å²) < 4.78 is 11.3. The van der Waals surface area contributed by atoms with Crippen LogP contribution in [0, 0.1) is 0 Å². The van der Waals surface area contributed by atoms with Crippen molar-refractivity contribution >= 4 is 11.8 Å². The summed E-state index contributed by atoms with van der Waals surface area (Å²) in [6, 6.07) is 0. The van der Waals surface area contributed by atoms with Crippen LogP contribution in [0.5, 0.6) is 0 Å². The highest BCUT2D eigenvalue weighted by Gasteiger charge is 2.53. The highest BCUT2D eigenvalue weighted by atomic mass is 16.6. The van der Waals surface area contributed by atoms with Crippen molar-refractivity contribution in [1.82, 2.24) is 14.9 Å². The summed E-state index contributed by atoms with van der Waals surface area (Å²) in [6.07, 6.45) is -1.27. The molecule has 2 saturated heterocycles. The molecule has 3 aliphatic rings. The summed E-state index contributed by atoms with van der Waals surface area (Å²) in [5, 5.41) is 19.5. The van der Waals surface area contributed by atoms with Crippen molar-refractivity contribution < 1.29 is 19.7 Å². The van der Waals surface area contributed by atoms with E-state index in [4.69, 9.17) is 20.9 Å². The maximum Gasteiger partial charge on any atom is 0.201 e. The first kappa shape index (κ1) is 13.9. The van der Waals surface area contributed by atoms with Gasteiger partial charge in [0.25, 0.3) is 0 Å². The average molecular weight is 310 g/mol. The number of hydrogen-bond acceptors (Lipinski definition) is 9. The Balaban J connectivity index is 1.63. The second kappa shape index (κ2) is 4.89. The lowest BCUT2D eigenvalue weighted by Crippen LogP contribution is -2.54. The fourth-order valence-electron chi connectivity index (χ4n) is 3.10. The molecule has 4 heterocycles. The molecule has 10 nitrogen and oxygen atoms in total. The molecule has 0 spiro atoms. The first-order valence-electron chi connectivity index (χ1n) is 7.11. The van der Waals surface area contributed by atoms with Gasteiger partial charge < -0.3 is 36.1 Å². The number of H-pyrrole nitrogens is 1. The molecule has 2 fully saturated rings. The number of fused-ring (bicyclic) bond motifs is 2. The number of aromatic nitrogens is 2. The third-order valence-electron chi connectivity index (χ3n) is 4.32. The zero-order chi connectivity index (χ0) is 15.4. The number of guanidine groups is 1. The van der Waals surface area contributed by atoms with E-state index in [-0.39, 0.29) is 24.8 Å². The van der Waals surface area contributed by atoms with Gasteiger partial charge in [-0.25, -0.2) is 4.98 Å². The molecule has 0 amide bonds. The Kier molecular flexibility index (Phi) is 3.09. The molecule has 10 heteroatoms. The van der Waals surface area contributed by atoms with E-state index in [1.54, 1.807) is 4.90 Å². The van der Waals surface area contributed by atoms with E-state index in [2.05, 4.69) is 15.0 Å². The van der Waals surface area contributed by atoms with Crippen LogP contribution in [0.15, 0.2) is 11.3 Å². The minimum Gasteiger partial charge on any atom is -0.394 e. The lowest BCUT2D eigenvalue weighted by atomic mass is 10.1. The fourth-order valence-corrected chi connectivity index (χ4v) is 3.10. The SMILES string of the molecule is NC1=Nc2nc[nH]c2C(N)N1C1C[C@H]2O[C@H]2[C@H](O)[C@@H](CO)O1. The van der Waals surface area contributed by atoms with Gasteiger partial charge in [-0.15, -0.1) is 0 Å². The van der Waals surface area contributed by atoms with Crippen LogP contribution in [-0.4, -0.2) is 68.3 Å². The monoisotopic (exact) mass is 310 g/mol. The summed E-state index contributed by atoms with van der Waals surface area (Å²) >= 11 is 0. The molecule has 3 aliphatic heterocycles. The van der Waals surface area contributed by atoms with Crippen molar-refractivity contribution in [3.05, 3.63) is 12.0 Å². The van der Waals surface area contributed by atoms with Gasteiger partial charge in [-0.2, -0.15) is 4.99 Å². The Morgan fingerprint density at radius 1 is 1.45 bits per heavy atom. The Morgan fingerprint density at radius 3 is 3.05 bits per heavy atom. The smallest absolute Gasteiger partial charge is 0.201 e. The van der Waals surface area contributed by atoms with Gasteiger partial charge >= 0.3 is 0 Å². The number of rotatable bonds is 2. The van der Waals surface area contributed by atoms with E-state index in [1.807, 2.05) is 0 Å². The molecule has 0 saturated carbocycles. The van der Waals surface area contributed by atoms with E-state index in [9.17, 15) is 10.2 Å². The average Bonchev–Trinajstić information content (AvgIpc) is 3.12. The van der Waals surface area contributed by atoms with Crippen molar-refractivity contribution in [3.8, 4) is 0 Å². The number of aliphatic hydroxyl groups is 2. The number of hydrogen-bond donors (Lipinski definition) is 5. The predicted octanol–water partition coefficient (Wildman–Crippen LogP) is -2.14. The number of imidazole rings is 1. The van der Waals surface area contributed by atoms with Crippen LogP contribution in [0.1, 0.15) is 18.3 Å². The molecule has 4 rings (SSSR count). The lowest BCUT2D eigenvalue weighted by Gasteiger charge is -2.39. The predicted molar refractivity (Wildman–Crippen MR) is 73.7 cm³/mol. The number of epoxide rings is 1. The maximum absolute atomic E-state index is 10.1. The van der Waals surface area contributed by atoms with Gasteiger partial charge in [-0.1, -0.05) is 0 Å². The summed E-state index contributed by atoms with van der Waals surface area (Å²) in [7, 11) is 0. The van der Waals surface area contributed by atoms with Crippen LogP contribution in [0.3, 0.4) is 0 Å². The number of aliphatic imine (C=N–C) groups is 1. The Bertz CT molecular complexity index is 606. The zero-order valence-corrected chi connectivity index (χ0v) is 11.7. The maximum atomic E-state index is 10.1. The number of ether oxygens (including phenoxy) is 2. The summed E-state index contributed by atoms with van der Waals surface area (Å²) in [6.45, 7) is -0.320. The summed E-state index contributed by atoms with van der Waals surface area (Å²) in [4.78, 5) is 12.8. The molecule has 2 unspecified atom stereocenters. The molecule has 0 aromatic carbocycles. The van der Waals surface area contributed by atoms with Crippen LogP contribution >= 0.6 is 0 Å². The minimum atomic E-state index is -0.873. The third kappa shape index (κ3) is 2.00. The van der Waals surface area contributed by atoms with Crippen molar-refractivity contribution in [2.45, 2.75) is 43.2 Å². The molecule has 6 atom stereocenters. The second-order valence-electron chi connectivity index (χ2n) is 5.64. The highest BCUT2D eigenvalue weighted by Crippen LogP contribution is 2.39. The molecule has 1 aromatic heterocycles. The van der Waals surface area contributed by atoms with Crippen LogP contribution in [-0.2, 0) is 9.47 Å². The van der Waals surface area contributed by atoms with E-state index in [1.165, 1.54) is 6.33 Å². The van der Waals surface area contributed by atoms with Crippen molar-refractivity contribution in [1.29, 1.82) is 0 Å². The van der Waals surface area contributed by atoms with Gasteiger partial charge in [0.1, 0.15) is 30.7 Å². The molecule has 7 N–H and O–H groups in total. The van der Waals surface area contributed by atoms with E-state index in [0.717, 1.165) is 0 Å². The molecule has 0 radical (unpaired) electrons. The van der Waals surface area contributed by atoms with Gasteiger partial charge in [0.2, 0.25) is 5.96 Å². The molecule has 0 bridgehead atoms. The normalized spacial score (nSPS) is 40.5. The second-order valence-corrected chi connectivity index (χ2v) is 5.64. The number of nitrogens with one attached hydrogen (secondary N) is 1. The molecule has 1 aromatic rings. The quantitative estimate of drug-likeness (QED) is 0.387. The van der Waals surface area contributed by atoms with Gasteiger partial charge in [-0.3, -0.25) is 4.90 Å². The van der Waals surface area contributed by atoms with Crippen LogP contribution in [0.4, 0.5) is 5.82 Å². The van der Waals surface area contributed by atoms with Crippen LogP contribution in [0.25, 0.3) is 0 Å². The van der Waals surface area contributed by atoms with Crippen LogP contribution < -0.4 is 11.5 Å². The first-order valence-corrected chi connectivity index (χ1v) is 7.11. The number of aliphatic hydroxyl groups excluding tert-OH is 2. The summed E-state index contributed by atoms with van der Waals surface area (Å²) in [5.74, 6) is 0.636. The van der Waals surface area contributed by atoms with E-state index < -0.39 is 24.6 Å². The highest BCUT2D eigenvalue weighted by molar-refractivity contribution is 5.83. The third-order valence-corrected chi connectivity index (χ3v) is 4.32. The molecular weight excluding hydrogens is 292 g/mol. The van der Waals surface area contributed by atoms with E-state index >= 15 is 0 Å². The number of nitrogens with two attached hydrogens (primary N) is 2. The molecule has 120 valence electrons. The van der Waals surface area contributed by atoms with Crippen molar-refractivity contribution in [3.63, 3.8) is 0 Å². The Morgan fingerprint density at radius 2 is 2.27 bits per heavy atom. The lowest BCUT2D eigenvalue weighted by molar-refractivity contribution is -0.144. The minimum absolute atomic E-state index is 0.139. The Labute approximate surface area is 125 Å². The number of aromatic amines is 1. The Hall–Kier alpha value is -1.72. The molecular formula is C12H18N6O4. The standard InChI is InChI=1S/C12H18N6O4/c13-10-7-11(16-3-15-7)17-12(14)18(10)6-1-4-9(22-4)8(20)5(2-19)21-6/h3-6,8-10,19-20H,1-2,13H2,(H2,14,17)(H,15,16)/t4-,5-,6?,8-,9-,10?/m1/s1. The van der Waals surface area contributed by atoms with Gasteiger partial charge in [-0.05, 0) is 0 Å². The largest absolute Gasteiger partial charge is 0.394 e. The van der Waals surface area contributed by atoms with Gasteiger partial charge in [0.05, 0.1) is 24.7 Å². The van der Waals surface area contributed by atoms with Crippen molar-refractivity contribution in [2.24, 2.45) is 16.5 Å². The summed E-state index contributed by atoms with van der Waals surface area (Å²) in [5.41, 5.74) is 12.9. The van der Waals surface area contributed by atoms with E-state index in [0.29, 0.717) is 17.9 Å². The molecule has 0 aliphatic carbocycles. The van der Waals surface area contributed by atoms with Crippen LogP contribution in [0.2, 0.25) is 0 Å². The number of nitrogens with zero attached hydrogens (tertiary/aromatic N) is 3. The first-order chi connectivity index (χ1) is 10.6. The fraction of sp³-hybridized carbons (Fsp3) is 0.667. The topological polar surface area (TPSA) is 159 Å². The van der Waals surface area contributed by atoms with Gasteiger partial charge in [0, 0.05) is 6.42 Å². The van der Waals surface area contributed by atoms with Gasteiger partial charge in [0.15, 0.2) is 5.82 Å².